The monoisotopic (exact) mass is 217 g/mol. The summed E-state index contributed by atoms with van der Waals surface area (Å²) in [7, 11) is 2.38. The average Bonchev–Trinajstić information content (AvgIpc) is 2.26. The Morgan fingerprint density at radius 3 is 2.53 bits per heavy atom. The third-order valence-electron chi connectivity index (χ3n) is 1.71. The van der Waals surface area contributed by atoms with E-state index in [2.05, 4.69) is 14.5 Å². The molecule has 1 rings (SSSR count). The molecule has 6 heteroatoms. The van der Waals surface area contributed by atoms with Gasteiger partial charge >= 0.3 is 5.97 Å². The minimum atomic E-state index is -2.70. The lowest BCUT2D eigenvalue weighted by Crippen LogP contribution is -2.06. The minimum absolute atomic E-state index is 0.0706. The molecule has 0 saturated carbocycles. The van der Waals surface area contributed by atoms with E-state index in [0.717, 1.165) is 12.1 Å². The molecule has 0 fully saturated rings. The van der Waals surface area contributed by atoms with Crippen LogP contribution in [-0.2, 0) is 4.74 Å². The Balaban J connectivity index is 3.13. The van der Waals surface area contributed by atoms with Gasteiger partial charge in [-0.1, -0.05) is 0 Å². The van der Waals surface area contributed by atoms with Crippen LogP contribution in [0.1, 0.15) is 22.5 Å². The minimum Gasteiger partial charge on any atom is -0.481 e. The smallest absolute Gasteiger partial charge is 0.356 e. The quantitative estimate of drug-likeness (QED) is 0.724. The molecule has 1 aromatic heterocycles. The fourth-order valence-corrected chi connectivity index (χ4v) is 0.999. The fraction of sp³-hybridized carbons (Fsp3) is 0.333. The molecular formula is C9H9F2NO3. The summed E-state index contributed by atoms with van der Waals surface area (Å²) < 4.78 is 33.8. The van der Waals surface area contributed by atoms with Crippen LogP contribution in [0.25, 0.3) is 0 Å². The summed E-state index contributed by atoms with van der Waals surface area (Å²) in [5.74, 6) is -0.970. The topological polar surface area (TPSA) is 48.4 Å². The third kappa shape index (κ3) is 2.39. The molecule has 82 valence electrons. The van der Waals surface area contributed by atoms with Gasteiger partial charge in [0.2, 0.25) is 5.88 Å². The van der Waals surface area contributed by atoms with Crippen molar-refractivity contribution >= 4 is 5.97 Å². The van der Waals surface area contributed by atoms with Crippen LogP contribution in [0.4, 0.5) is 8.78 Å². The van der Waals surface area contributed by atoms with Crippen molar-refractivity contribution in [2.75, 3.05) is 14.2 Å². The van der Waals surface area contributed by atoms with E-state index in [9.17, 15) is 13.6 Å². The van der Waals surface area contributed by atoms with Crippen LogP contribution in [0, 0.1) is 0 Å². The molecule has 4 nitrogen and oxygen atoms in total. The predicted octanol–water partition coefficient (Wildman–Crippen LogP) is 1.81. The SMILES string of the molecule is COC(=O)c1ccc(C(F)F)c(OC)n1. The van der Waals surface area contributed by atoms with Crippen molar-refractivity contribution in [3.63, 3.8) is 0 Å². The summed E-state index contributed by atoms with van der Waals surface area (Å²) in [5.41, 5.74) is -0.427. The lowest BCUT2D eigenvalue weighted by Gasteiger charge is -2.07. The van der Waals surface area contributed by atoms with E-state index < -0.39 is 12.4 Å². The second-order valence-corrected chi connectivity index (χ2v) is 2.59. The molecule has 0 spiro atoms. The highest BCUT2D eigenvalue weighted by Gasteiger charge is 2.18. The number of halogens is 2. The summed E-state index contributed by atoms with van der Waals surface area (Å²) in [6.45, 7) is 0. The average molecular weight is 217 g/mol. The molecule has 0 aliphatic rings. The Hall–Kier alpha value is -1.72. The molecule has 0 unspecified atom stereocenters. The van der Waals surface area contributed by atoms with Crippen LogP contribution in [0.15, 0.2) is 12.1 Å². The van der Waals surface area contributed by atoms with Crippen LogP contribution in [0.3, 0.4) is 0 Å². The van der Waals surface area contributed by atoms with Crippen molar-refractivity contribution in [3.8, 4) is 5.88 Å². The number of nitrogens with zero attached hydrogens (tertiary/aromatic N) is 1. The molecule has 0 radical (unpaired) electrons. The Morgan fingerprint density at radius 1 is 1.40 bits per heavy atom. The fourth-order valence-electron chi connectivity index (χ4n) is 0.999. The van der Waals surface area contributed by atoms with Crippen LogP contribution in [0.5, 0.6) is 5.88 Å². The molecule has 0 N–H and O–H groups in total. The van der Waals surface area contributed by atoms with Gasteiger partial charge in [-0.15, -0.1) is 0 Å². The Bertz CT molecular complexity index is 368. The summed E-state index contributed by atoms with van der Waals surface area (Å²) >= 11 is 0. The van der Waals surface area contributed by atoms with Gasteiger partial charge in [-0.2, -0.15) is 0 Å². The number of pyridine rings is 1. The van der Waals surface area contributed by atoms with Gasteiger partial charge in [0, 0.05) is 0 Å². The van der Waals surface area contributed by atoms with E-state index in [-0.39, 0.29) is 17.1 Å². The number of alkyl halides is 2. The summed E-state index contributed by atoms with van der Waals surface area (Å²) in [5, 5.41) is 0. The standard InChI is InChI=1S/C9H9F2NO3/c1-14-8-5(7(10)11)3-4-6(12-8)9(13)15-2/h3-4,7H,1-2H3. The summed E-state index contributed by atoms with van der Waals surface area (Å²) in [6.07, 6.45) is -2.70. The number of carbonyl (C=O) groups is 1. The first kappa shape index (κ1) is 11.4. The maximum absolute atomic E-state index is 12.4. The third-order valence-corrected chi connectivity index (χ3v) is 1.71. The van der Waals surface area contributed by atoms with Crippen LogP contribution in [-0.4, -0.2) is 25.2 Å². The number of aromatic nitrogens is 1. The number of carbonyl (C=O) groups excluding carboxylic acids is 1. The number of hydrogen-bond acceptors (Lipinski definition) is 4. The highest BCUT2D eigenvalue weighted by Crippen LogP contribution is 2.27. The molecule has 0 aromatic carbocycles. The molecule has 1 heterocycles. The van der Waals surface area contributed by atoms with Gasteiger partial charge in [0.1, 0.15) is 0 Å². The first-order valence-corrected chi connectivity index (χ1v) is 4.01. The molecule has 0 aliphatic heterocycles. The van der Waals surface area contributed by atoms with Gasteiger partial charge < -0.3 is 9.47 Å². The lowest BCUT2D eigenvalue weighted by atomic mass is 10.2. The van der Waals surface area contributed by atoms with Gasteiger partial charge in [-0.05, 0) is 12.1 Å². The highest BCUT2D eigenvalue weighted by atomic mass is 19.3. The van der Waals surface area contributed by atoms with Gasteiger partial charge in [0.15, 0.2) is 5.69 Å². The number of methoxy groups -OCH3 is 2. The van der Waals surface area contributed by atoms with Crippen LogP contribution >= 0.6 is 0 Å². The van der Waals surface area contributed by atoms with Gasteiger partial charge in [0.25, 0.3) is 6.43 Å². The van der Waals surface area contributed by atoms with Crippen molar-refractivity contribution in [2.24, 2.45) is 0 Å². The second-order valence-electron chi connectivity index (χ2n) is 2.59. The van der Waals surface area contributed by atoms with E-state index >= 15 is 0 Å². The van der Waals surface area contributed by atoms with E-state index in [1.54, 1.807) is 0 Å². The van der Waals surface area contributed by atoms with Crippen LogP contribution in [0.2, 0.25) is 0 Å². The lowest BCUT2D eigenvalue weighted by molar-refractivity contribution is 0.0592. The Kier molecular flexibility index (Phi) is 3.54. The number of hydrogen-bond donors (Lipinski definition) is 0. The van der Waals surface area contributed by atoms with Crippen molar-refractivity contribution < 1.29 is 23.0 Å². The zero-order valence-electron chi connectivity index (χ0n) is 8.16. The normalized spacial score (nSPS) is 10.2. The number of esters is 1. The zero-order chi connectivity index (χ0) is 11.4. The Labute approximate surface area is 84.8 Å². The molecule has 0 aliphatic carbocycles. The molecule has 1 aromatic rings. The first-order valence-electron chi connectivity index (χ1n) is 4.01. The maximum Gasteiger partial charge on any atom is 0.356 e. The zero-order valence-corrected chi connectivity index (χ0v) is 8.16. The van der Waals surface area contributed by atoms with E-state index in [1.165, 1.54) is 14.2 Å². The first-order chi connectivity index (χ1) is 7.10. The van der Waals surface area contributed by atoms with Crippen molar-refractivity contribution in [1.82, 2.24) is 4.98 Å². The van der Waals surface area contributed by atoms with Gasteiger partial charge in [-0.25, -0.2) is 18.6 Å². The van der Waals surface area contributed by atoms with Crippen molar-refractivity contribution in [2.45, 2.75) is 6.43 Å². The van der Waals surface area contributed by atoms with E-state index in [1.807, 2.05) is 0 Å². The molecule has 0 bridgehead atoms. The molecule has 0 amide bonds. The maximum atomic E-state index is 12.4. The molecule has 0 atom stereocenters. The largest absolute Gasteiger partial charge is 0.481 e. The molecular weight excluding hydrogens is 208 g/mol. The number of rotatable bonds is 3. The second kappa shape index (κ2) is 4.68. The van der Waals surface area contributed by atoms with Crippen LogP contribution < -0.4 is 4.74 Å². The van der Waals surface area contributed by atoms with E-state index in [0.29, 0.717) is 0 Å². The predicted molar refractivity (Wildman–Crippen MR) is 47.1 cm³/mol. The van der Waals surface area contributed by atoms with Crippen molar-refractivity contribution in [3.05, 3.63) is 23.4 Å². The molecule has 15 heavy (non-hydrogen) atoms. The summed E-state index contributed by atoms with van der Waals surface area (Å²) in [6, 6.07) is 2.25. The Morgan fingerprint density at radius 2 is 2.07 bits per heavy atom. The summed E-state index contributed by atoms with van der Waals surface area (Å²) in [4.78, 5) is 14.6. The van der Waals surface area contributed by atoms with Gasteiger partial charge in [0.05, 0.1) is 19.8 Å². The van der Waals surface area contributed by atoms with Gasteiger partial charge in [-0.3, -0.25) is 0 Å². The number of ether oxygens (including phenoxy) is 2. The van der Waals surface area contributed by atoms with E-state index in [4.69, 9.17) is 0 Å². The highest BCUT2D eigenvalue weighted by molar-refractivity contribution is 5.87. The van der Waals surface area contributed by atoms with Crippen molar-refractivity contribution in [1.29, 1.82) is 0 Å². The molecule has 0 saturated heterocycles.